The third-order valence-corrected chi connectivity index (χ3v) is 4.38. The van der Waals surface area contributed by atoms with Gasteiger partial charge >= 0.3 is 0 Å². The van der Waals surface area contributed by atoms with Gasteiger partial charge in [-0.15, -0.1) is 11.8 Å². The molecule has 0 aliphatic heterocycles. The van der Waals surface area contributed by atoms with Crippen LogP contribution in [-0.4, -0.2) is 17.5 Å². The normalized spacial score (nSPS) is 12.2. The molecule has 2 rings (SSSR count). The summed E-state index contributed by atoms with van der Waals surface area (Å²) in [7, 11) is 0. The smallest absolute Gasteiger partial charge is 0.119 e. The first-order valence-corrected chi connectivity index (χ1v) is 7.85. The van der Waals surface area contributed by atoms with Crippen LogP contribution in [0.15, 0.2) is 53.4 Å². The third-order valence-electron chi connectivity index (χ3n) is 2.79. The number of thioether (sulfide) groups is 1. The number of hydrogen-bond acceptors (Lipinski definition) is 3. The Hall–Kier alpha value is -1.16. The molecule has 2 aromatic carbocycles. The maximum Gasteiger partial charge on any atom is 0.119 e. The van der Waals surface area contributed by atoms with Gasteiger partial charge in [-0.05, 0) is 36.8 Å². The van der Waals surface area contributed by atoms with Gasteiger partial charge in [0.15, 0.2) is 0 Å². The molecule has 0 saturated heterocycles. The molecule has 2 nitrogen and oxygen atoms in total. The molecule has 0 aliphatic rings. The van der Waals surface area contributed by atoms with Crippen LogP contribution in [0.2, 0.25) is 5.02 Å². The molecular formula is C16H17ClO2S. The first kappa shape index (κ1) is 15.2. The minimum atomic E-state index is -0.545. The zero-order valence-corrected chi connectivity index (χ0v) is 12.8. The Labute approximate surface area is 128 Å². The van der Waals surface area contributed by atoms with Crippen LogP contribution in [0, 0.1) is 0 Å². The molecule has 0 heterocycles. The van der Waals surface area contributed by atoms with Crippen LogP contribution >= 0.6 is 23.4 Å². The molecular weight excluding hydrogens is 292 g/mol. The molecule has 0 saturated carbocycles. The van der Waals surface area contributed by atoms with Crippen LogP contribution in [0.5, 0.6) is 5.75 Å². The fourth-order valence-electron chi connectivity index (χ4n) is 1.80. The summed E-state index contributed by atoms with van der Waals surface area (Å²) in [5.41, 5.74) is 0.857. The lowest BCUT2D eigenvalue weighted by molar-refractivity contribution is 0.203. The molecule has 1 atom stereocenters. The summed E-state index contributed by atoms with van der Waals surface area (Å²) in [6.45, 7) is 2.56. The van der Waals surface area contributed by atoms with E-state index in [1.54, 1.807) is 11.8 Å². The van der Waals surface area contributed by atoms with E-state index in [2.05, 4.69) is 0 Å². The van der Waals surface area contributed by atoms with E-state index in [4.69, 9.17) is 16.3 Å². The Balaban J connectivity index is 1.99. The van der Waals surface area contributed by atoms with Gasteiger partial charge in [0.2, 0.25) is 0 Å². The zero-order valence-electron chi connectivity index (χ0n) is 11.3. The quantitative estimate of drug-likeness (QED) is 0.793. The second-order valence-electron chi connectivity index (χ2n) is 4.26. The zero-order chi connectivity index (χ0) is 14.4. The van der Waals surface area contributed by atoms with Crippen molar-refractivity contribution in [1.29, 1.82) is 0 Å². The molecule has 2 aromatic rings. The van der Waals surface area contributed by atoms with E-state index >= 15 is 0 Å². The lowest BCUT2D eigenvalue weighted by Crippen LogP contribution is -2.01. The van der Waals surface area contributed by atoms with Crippen molar-refractivity contribution in [3.8, 4) is 5.75 Å². The van der Waals surface area contributed by atoms with Gasteiger partial charge in [-0.2, -0.15) is 0 Å². The molecule has 4 heteroatoms. The van der Waals surface area contributed by atoms with Crippen molar-refractivity contribution in [3.05, 3.63) is 59.1 Å². The van der Waals surface area contributed by atoms with Gasteiger partial charge in [0.05, 0.1) is 17.7 Å². The Kier molecular flexibility index (Phi) is 5.77. The summed E-state index contributed by atoms with van der Waals surface area (Å²) >= 11 is 7.64. The van der Waals surface area contributed by atoms with Crippen LogP contribution in [0.3, 0.4) is 0 Å². The van der Waals surface area contributed by atoms with Gasteiger partial charge < -0.3 is 9.84 Å². The highest BCUT2D eigenvalue weighted by Crippen LogP contribution is 2.30. The van der Waals surface area contributed by atoms with Gasteiger partial charge in [0.25, 0.3) is 0 Å². The van der Waals surface area contributed by atoms with Crippen molar-refractivity contribution in [1.82, 2.24) is 0 Å². The predicted molar refractivity (Wildman–Crippen MR) is 84.7 cm³/mol. The van der Waals surface area contributed by atoms with Gasteiger partial charge in [-0.25, -0.2) is 0 Å². The first-order chi connectivity index (χ1) is 9.70. The Morgan fingerprint density at radius 1 is 1.20 bits per heavy atom. The number of ether oxygens (including phenoxy) is 1. The van der Waals surface area contributed by atoms with E-state index in [1.165, 1.54) is 0 Å². The van der Waals surface area contributed by atoms with Gasteiger partial charge in [-0.1, -0.05) is 35.9 Å². The van der Waals surface area contributed by atoms with Crippen molar-refractivity contribution in [2.45, 2.75) is 17.9 Å². The van der Waals surface area contributed by atoms with E-state index < -0.39 is 6.10 Å². The molecule has 0 bridgehead atoms. The molecule has 20 heavy (non-hydrogen) atoms. The van der Waals surface area contributed by atoms with Crippen molar-refractivity contribution in [3.63, 3.8) is 0 Å². The predicted octanol–water partition coefficient (Wildman–Crippen LogP) is 4.56. The number of rotatable bonds is 6. The van der Waals surface area contributed by atoms with E-state index in [-0.39, 0.29) is 0 Å². The van der Waals surface area contributed by atoms with E-state index in [9.17, 15) is 5.11 Å². The molecule has 0 radical (unpaired) electrons. The topological polar surface area (TPSA) is 29.5 Å². The Bertz CT molecular complexity index is 560. The highest BCUT2D eigenvalue weighted by molar-refractivity contribution is 7.99. The van der Waals surface area contributed by atoms with Crippen molar-refractivity contribution < 1.29 is 9.84 Å². The van der Waals surface area contributed by atoms with Crippen LogP contribution in [0.4, 0.5) is 0 Å². The average molecular weight is 309 g/mol. The molecule has 0 amide bonds. The van der Waals surface area contributed by atoms with Crippen LogP contribution in [0.1, 0.15) is 18.6 Å². The molecule has 0 fully saturated rings. The number of benzene rings is 2. The second kappa shape index (κ2) is 7.58. The van der Waals surface area contributed by atoms with Crippen molar-refractivity contribution >= 4 is 23.4 Å². The standard InChI is InChI=1S/C16H17ClO2S/c1-2-19-13-7-5-6-12(10-13)15(18)11-20-16-9-4-3-8-14(16)17/h3-10,15,18H,2,11H2,1H3. The minimum Gasteiger partial charge on any atom is -0.494 e. The summed E-state index contributed by atoms with van der Waals surface area (Å²) in [6.07, 6.45) is -0.545. The maximum absolute atomic E-state index is 10.2. The summed E-state index contributed by atoms with van der Waals surface area (Å²) in [5.74, 6) is 1.34. The number of halogens is 1. The Morgan fingerprint density at radius 3 is 2.75 bits per heavy atom. The Morgan fingerprint density at radius 2 is 2.00 bits per heavy atom. The van der Waals surface area contributed by atoms with Crippen molar-refractivity contribution in [2.75, 3.05) is 12.4 Å². The van der Waals surface area contributed by atoms with E-state index in [0.29, 0.717) is 17.4 Å². The molecule has 106 valence electrons. The number of aliphatic hydroxyl groups excluding tert-OH is 1. The summed E-state index contributed by atoms with van der Waals surface area (Å²) in [4.78, 5) is 0.981. The van der Waals surface area contributed by atoms with E-state index in [1.807, 2.05) is 55.5 Å². The SMILES string of the molecule is CCOc1cccc(C(O)CSc2ccccc2Cl)c1. The summed E-state index contributed by atoms with van der Waals surface area (Å²) < 4.78 is 5.44. The van der Waals surface area contributed by atoms with Crippen LogP contribution in [0.25, 0.3) is 0 Å². The highest BCUT2D eigenvalue weighted by atomic mass is 35.5. The van der Waals surface area contributed by atoms with Gasteiger partial charge in [0, 0.05) is 10.6 Å². The lowest BCUT2D eigenvalue weighted by Gasteiger charge is -2.12. The minimum absolute atomic E-state index is 0.545. The fourth-order valence-corrected chi connectivity index (χ4v) is 3.01. The molecule has 0 aromatic heterocycles. The first-order valence-electron chi connectivity index (χ1n) is 6.49. The molecule has 0 aliphatic carbocycles. The third kappa shape index (κ3) is 4.17. The molecule has 0 spiro atoms. The van der Waals surface area contributed by atoms with Crippen LogP contribution in [-0.2, 0) is 0 Å². The van der Waals surface area contributed by atoms with Gasteiger partial charge in [0.1, 0.15) is 5.75 Å². The second-order valence-corrected chi connectivity index (χ2v) is 5.73. The number of hydrogen-bond donors (Lipinski definition) is 1. The number of aliphatic hydroxyl groups is 1. The summed E-state index contributed by atoms with van der Waals surface area (Å²) in [5, 5.41) is 11.0. The van der Waals surface area contributed by atoms with Crippen molar-refractivity contribution in [2.24, 2.45) is 0 Å². The maximum atomic E-state index is 10.2. The monoisotopic (exact) mass is 308 g/mol. The largest absolute Gasteiger partial charge is 0.494 e. The summed E-state index contributed by atoms with van der Waals surface area (Å²) in [6, 6.07) is 15.2. The molecule has 1 unspecified atom stereocenters. The molecule has 1 N–H and O–H groups in total. The average Bonchev–Trinajstić information content (AvgIpc) is 2.47. The highest BCUT2D eigenvalue weighted by Gasteiger charge is 2.10. The lowest BCUT2D eigenvalue weighted by atomic mass is 10.1. The van der Waals surface area contributed by atoms with Crippen LogP contribution < -0.4 is 4.74 Å². The van der Waals surface area contributed by atoms with Gasteiger partial charge in [-0.3, -0.25) is 0 Å². The fraction of sp³-hybridized carbons (Fsp3) is 0.250. The van der Waals surface area contributed by atoms with E-state index in [0.717, 1.165) is 16.2 Å².